The van der Waals surface area contributed by atoms with Gasteiger partial charge in [-0.3, -0.25) is 4.79 Å². The van der Waals surface area contributed by atoms with E-state index in [4.69, 9.17) is 23.2 Å². The van der Waals surface area contributed by atoms with Crippen LogP contribution in [-0.2, 0) is 11.2 Å². The van der Waals surface area contributed by atoms with Gasteiger partial charge in [0.2, 0.25) is 5.91 Å². The molecule has 0 aliphatic carbocycles. The highest BCUT2D eigenvalue weighted by Crippen LogP contribution is 2.25. The average Bonchev–Trinajstić information content (AvgIpc) is 2.41. The first-order chi connectivity index (χ1) is 9.54. The average molecular weight is 308 g/mol. The van der Waals surface area contributed by atoms with Crippen molar-refractivity contribution in [2.24, 2.45) is 0 Å². The number of anilines is 1. The second-order valence-corrected chi connectivity index (χ2v) is 5.51. The van der Waals surface area contributed by atoms with Gasteiger partial charge in [0.05, 0.1) is 10.7 Å². The molecular formula is C16H15Cl2NO. The third kappa shape index (κ3) is 4.26. The number of halogens is 2. The van der Waals surface area contributed by atoms with Crippen LogP contribution >= 0.6 is 23.2 Å². The number of hydrogen-bond donors (Lipinski definition) is 1. The Hall–Kier alpha value is -1.51. The topological polar surface area (TPSA) is 29.1 Å². The molecule has 2 nitrogen and oxygen atoms in total. The van der Waals surface area contributed by atoms with Crippen LogP contribution in [0.2, 0.25) is 10.0 Å². The Kier molecular flexibility index (Phi) is 5.05. The Morgan fingerprint density at radius 3 is 2.70 bits per heavy atom. The van der Waals surface area contributed by atoms with Crippen molar-refractivity contribution >= 4 is 34.8 Å². The number of amides is 1. The van der Waals surface area contributed by atoms with Gasteiger partial charge in [-0.1, -0.05) is 53.0 Å². The Bertz CT molecular complexity index is 626. The molecule has 0 unspecified atom stereocenters. The molecule has 20 heavy (non-hydrogen) atoms. The maximum Gasteiger partial charge on any atom is 0.224 e. The zero-order valence-corrected chi connectivity index (χ0v) is 12.6. The summed E-state index contributed by atoms with van der Waals surface area (Å²) in [5.74, 6) is -0.0735. The van der Waals surface area contributed by atoms with Gasteiger partial charge in [-0.05, 0) is 37.1 Å². The van der Waals surface area contributed by atoms with Gasteiger partial charge in [-0.15, -0.1) is 0 Å². The van der Waals surface area contributed by atoms with Crippen molar-refractivity contribution in [2.75, 3.05) is 5.32 Å². The Morgan fingerprint density at radius 1 is 1.15 bits per heavy atom. The monoisotopic (exact) mass is 307 g/mol. The normalized spacial score (nSPS) is 10.3. The zero-order valence-electron chi connectivity index (χ0n) is 11.1. The van der Waals surface area contributed by atoms with Crippen LogP contribution in [0.25, 0.3) is 0 Å². The third-order valence-corrected chi connectivity index (χ3v) is 3.49. The number of aryl methyl sites for hydroxylation is 2. The number of hydrogen-bond acceptors (Lipinski definition) is 1. The maximum atomic E-state index is 11.9. The van der Waals surface area contributed by atoms with Crippen molar-refractivity contribution in [3.63, 3.8) is 0 Å². The van der Waals surface area contributed by atoms with Crippen molar-refractivity contribution in [1.82, 2.24) is 0 Å². The van der Waals surface area contributed by atoms with Crippen LogP contribution in [0.5, 0.6) is 0 Å². The fourth-order valence-electron chi connectivity index (χ4n) is 1.93. The van der Waals surface area contributed by atoms with Gasteiger partial charge in [0.15, 0.2) is 0 Å². The highest BCUT2D eigenvalue weighted by atomic mass is 35.5. The molecule has 0 spiro atoms. The van der Waals surface area contributed by atoms with E-state index >= 15 is 0 Å². The van der Waals surface area contributed by atoms with Crippen molar-refractivity contribution in [3.05, 3.63) is 63.6 Å². The van der Waals surface area contributed by atoms with Crippen LogP contribution in [0.1, 0.15) is 17.5 Å². The molecule has 0 aliphatic heterocycles. The summed E-state index contributed by atoms with van der Waals surface area (Å²) >= 11 is 11.9. The number of carbonyl (C=O) groups excluding carboxylic acids is 1. The molecule has 1 N–H and O–H groups in total. The summed E-state index contributed by atoms with van der Waals surface area (Å²) < 4.78 is 0. The van der Waals surface area contributed by atoms with Crippen LogP contribution < -0.4 is 5.32 Å². The molecule has 2 aromatic carbocycles. The standard InChI is InChI=1S/C16H15Cl2NO/c1-11-3-2-4-12(9-11)5-8-16(20)19-15-10-13(17)6-7-14(15)18/h2-4,6-7,9-10H,5,8H2,1H3,(H,19,20). The van der Waals surface area contributed by atoms with Gasteiger partial charge >= 0.3 is 0 Å². The molecule has 0 saturated heterocycles. The Morgan fingerprint density at radius 2 is 1.95 bits per heavy atom. The van der Waals surface area contributed by atoms with Crippen molar-refractivity contribution in [2.45, 2.75) is 19.8 Å². The Labute approximate surface area is 128 Å². The predicted octanol–water partition coefficient (Wildman–Crippen LogP) is 4.87. The summed E-state index contributed by atoms with van der Waals surface area (Å²) in [4.78, 5) is 11.9. The van der Waals surface area contributed by atoms with E-state index < -0.39 is 0 Å². The highest BCUT2D eigenvalue weighted by Gasteiger charge is 2.07. The van der Waals surface area contributed by atoms with Crippen LogP contribution in [-0.4, -0.2) is 5.91 Å². The SMILES string of the molecule is Cc1cccc(CCC(=O)Nc2cc(Cl)ccc2Cl)c1. The lowest BCUT2D eigenvalue weighted by Gasteiger charge is -2.08. The molecule has 0 aliphatic rings. The highest BCUT2D eigenvalue weighted by molar-refractivity contribution is 6.35. The summed E-state index contributed by atoms with van der Waals surface area (Å²) in [5.41, 5.74) is 2.89. The first kappa shape index (κ1) is 14.9. The van der Waals surface area contributed by atoms with Crippen LogP contribution in [0.3, 0.4) is 0 Å². The molecular weight excluding hydrogens is 293 g/mol. The van der Waals surface area contributed by atoms with E-state index in [2.05, 4.69) is 11.4 Å². The lowest BCUT2D eigenvalue weighted by atomic mass is 10.1. The molecule has 4 heteroatoms. The smallest absolute Gasteiger partial charge is 0.224 e. The minimum Gasteiger partial charge on any atom is -0.325 e. The third-order valence-electron chi connectivity index (χ3n) is 2.93. The quantitative estimate of drug-likeness (QED) is 0.857. The largest absolute Gasteiger partial charge is 0.325 e. The van der Waals surface area contributed by atoms with E-state index in [0.717, 1.165) is 5.56 Å². The second kappa shape index (κ2) is 6.78. The number of nitrogens with one attached hydrogen (secondary N) is 1. The minimum atomic E-state index is -0.0735. The molecule has 0 aromatic heterocycles. The summed E-state index contributed by atoms with van der Waals surface area (Å²) in [6.45, 7) is 2.04. The molecule has 0 atom stereocenters. The lowest BCUT2D eigenvalue weighted by Crippen LogP contribution is -2.12. The molecule has 2 rings (SSSR count). The van der Waals surface area contributed by atoms with E-state index in [9.17, 15) is 4.79 Å². The summed E-state index contributed by atoms with van der Waals surface area (Å²) in [6, 6.07) is 13.1. The van der Waals surface area contributed by atoms with Gasteiger partial charge in [-0.2, -0.15) is 0 Å². The molecule has 0 heterocycles. The van der Waals surface area contributed by atoms with Gasteiger partial charge in [0.1, 0.15) is 0 Å². The van der Waals surface area contributed by atoms with Crippen LogP contribution in [0, 0.1) is 6.92 Å². The molecule has 0 bridgehead atoms. The van der Waals surface area contributed by atoms with Crippen molar-refractivity contribution in [3.8, 4) is 0 Å². The molecule has 0 fully saturated rings. The summed E-state index contributed by atoms with van der Waals surface area (Å²) in [6.07, 6.45) is 1.11. The minimum absolute atomic E-state index is 0.0735. The van der Waals surface area contributed by atoms with E-state index in [-0.39, 0.29) is 5.91 Å². The van der Waals surface area contributed by atoms with Gasteiger partial charge in [0, 0.05) is 11.4 Å². The van der Waals surface area contributed by atoms with Crippen LogP contribution in [0.4, 0.5) is 5.69 Å². The number of carbonyl (C=O) groups is 1. The molecule has 2 aromatic rings. The van der Waals surface area contributed by atoms with E-state index in [0.29, 0.717) is 28.6 Å². The van der Waals surface area contributed by atoms with Gasteiger partial charge < -0.3 is 5.32 Å². The molecule has 1 amide bonds. The van der Waals surface area contributed by atoms with Crippen molar-refractivity contribution < 1.29 is 4.79 Å². The second-order valence-electron chi connectivity index (χ2n) is 4.66. The fourth-order valence-corrected chi connectivity index (χ4v) is 2.27. The molecule has 0 radical (unpaired) electrons. The van der Waals surface area contributed by atoms with Crippen LogP contribution in [0.15, 0.2) is 42.5 Å². The van der Waals surface area contributed by atoms with E-state index in [1.807, 2.05) is 25.1 Å². The van der Waals surface area contributed by atoms with E-state index in [1.54, 1.807) is 18.2 Å². The first-order valence-electron chi connectivity index (χ1n) is 6.35. The Balaban J connectivity index is 1.94. The van der Waals surface area contributed by atoms with E-state index in [1.165, 1.54) is 5.56 Å². The fraction of sp³-hybridized carbons (Fsp3) is 0.188. The number of benzene rings is 2. The summed E-state index contributed by atoms with van der Waals surface area (Å²) in [7, 11) is 0. The molecule has 0 saturated carbocycles. The maximum absolute atomic E-state index is 11.9. The van der Waals surface area contributed by atoms with Gasteiger partial charge in [0.25, 0.3) is 0 Å². The van der Waals surface area contributed by atoms with Crippen molar-refractivity contribution in [1.29, 1.82) is 0 Å². The predicted molar refractivity (Wildman–Crippen MR) is 84.6 cm³/mol. The first-order valence-corrected chi connectivity index (χ1v) is 7.10. The zero-order chi connectivity index (χ0) is 14.5. The lowest BCUT2D eigenvalue weighted by molar-refractivity contribution is -0.116. The van der Waals surface area contributed by atoms with Gasteiger partial charge in [-0.25, -0.2) is 0 Å². The summed E-state index contributed by atoms with van der Waals surface area (Å²) in [5, 5.41) is 3.81. The molecule has 104 valence electrons. The number of rotatable bonds is 4.